The van der Waals surface area contributed by atoms with Gasteiger partial charge in [0, 0.05) is 10.3 Å². The van der Waals surface area contributed by atoms with Crippen molar-refractivity contribution in [3.63, 3.8) is 0 Å². The zero-order valence-electron chi connectivity index (χ0n) is 16.7. The van der Waals surface area contributed by atoms with Crippen LogP contribution in [0, 0.1) is 6.92 Å². The van der Waals surface area contributed by atoms with Crippen LogP contribution in [0.4, 0.5) is 25.1 Å². The quantitative estimate of drug-likeness (QED) is 0.385. The maximum Gasteiger partial charge on any atom is 0.490 e. The lowest BCUT2D eigenvalue weighted by Gasteiger charge is -2.08. The highest BCUT2D eigenvalue weighted by Crippen LogP contribution is 2.24. The van der Waals surface area contributed by atoms with Crippen LogP contribution in [-0.4, -0.2) is 43.4 Å². The number of carboxylic acid groups (broad SMARTS) is 1. The topological polar surface area (TPSA) is 121 Å². The van der Waals surface area contributed by atoms with E-state index in [1.807, 2.05) is 37.4 Å². The first-order valence-electron chi connectivity index (χ1n) is 8.97. The molecule has 0 saturated heterocycles. The van der Waals surface area contributed by atoms with Crippen molar-refractivity contribution in [3.05, 3.63) is 58.5 Å². The molecule has 3 N–H and O–H groups in total. The highest BCUT2D eigenvalue weighted by Gasteiger charge is 2.38. The molecular weight excluding hydrogens is 447 g/mol. The molecule has 2 heterocycles. The number of alkyl halides is 3. The van der Waals surface area contributed by atoms with Gasteiger partial charge in [-0.2, -0.15) is 13.2 Å². The fraction of sp³-hybridized carbons (Fsp3) is 0.150. The number of aromatic amines is 1. The van der Waals surface area contributed by atoms with Crippen molar-refractivity contribution in [3.8, 4) is 0 Å². The Morgan fingerprint density at radius 3 is 2.38 bits per heavy atom. The number of thioether (sulfide) groups is 1. The van der Waals surface area contributed by atoms with E-state index in [9.17, 15) is 18.0 Å². The van der Waals surface area contributed by atoms with Crippen molar-refractivity contribution >= 4 is 51.4 Å². The minimum Gasteiger partial charge on any atom is -0.475 e. The van der Waals surface area contributed by atoms with E-state index in [1.54, 1.807) is 23.9 Å². The van der Waals surface area contributed by atoms with E-state index >= 15 is 0 Å². The van der Waals surface area contributed by atoms with Crippen molar-refractivity contribution in [1.82, 2.24) is 19.9 Å². The maximum atomic E-state index is 12.2. The summed E-state index contributed by atoms with van der Waals surface area (Å²) in [5.41, 5.74) is 2.13. The van der Waals surface area contributed by atoms with E-state index in [1.165, 1.54) is 4.90 Å². The molecule has 2 aromatic heterocycles. The van der Waals surface area contributed by atoms with E-state index in [-0.39, 0.29) is 5.56 Å². The van der Waals surface area contributed by atoms with Crippen molar-refractivity contribution in [2.75, 3.05) is 11.6 Å². The molecular formula is C20H16F3N5O3S. The molecule has 8 nitrogen and oxygen atoms in total. The number of nitrogens with zero attached hydrogens (tertiary/aromatic N) is 3. The zero-order valence-corrected chi connectivity index (χ0v) is 17.5. The smallest absolute Gasteiger partial charge is 0.475 e. The summed E-state index contributed by atoms with van der Waals surface area (Å²) < 4.78 is 31.7. The molecule has 0 spiro atoms. The van der Waals surface area contributed by atoms with E-state index in [2.05, 4.69) is 31.3 Å². The first-order chi connectivity index (χ1) is 15.1. The van der Waals surface area contributed by atoms with Gasteiger partial charge in [0.15, 0.2) is 0 Å². The Labute approximate surface area is 182 Å². The zero-order chi connectivity index (χ0) is 23.5. The van der Waals surface area contributed by atoms with Crippen LogP contribution < -0.4 is 10.9 Å². The molecule has 0 fully saturated rings. The van der Waals surface area contributed by atoms with Gasteiger partial charge >= 0.3 is 12.1 Å². The Morgan fingerprint density at radius 2 is 1.72 bits per heavy atom. The predicted octanol–water partition coefficient (Wildman–Crippen LogP) is 4.27. The van der Waals surface area contributed by atoms with Crippen LogP contribution in [0.25, 0.3) is 21.8 Å². The Kier molecular flexibility index (Phi) is 6.63. The molecule has 0 aliphatic rings. The van der Waals surface area contributed by atoms with Gasteiger partial charge in [-0.05, 0) is 43.5 Å². The number of carbonyl (C=O) groups is 1. The Balaban J connectivity index is 0.000000360. The summed E-state index contributed by atoms with van der Waals surface area (Å²) in [6.45, 7) is 1.94. The average Bonchev–Trinajstić information content (AvgIpc) is 2.73. The third-order valence-corrected chi connectivity index (χ3v) is 4.90. The number of carboxylic acids is 1. The van der Waals surface area contributed by atoms with E-state index in [4.69, 9.17) is 9.90 Å². The van der Waals surface area contributed by atoms with Gasteiger partial charge < -0.3 is 5.11 Å². The molecule has 0 saturated carbocycles. The number of para-hydroxylation sites is 1. The van der Waals surface area contributed by atoms with Gasteiger partial charge in [-0.1, -0.05) is 12.1 Å². The molecule has 4 aromatic rings. The highest BCUT2D eigenvalue weighted by atomic mass is 32.2. The van der Waals surface area contributed by atoms with Gasteiger partial charge in [0.05, 0.1) is 22.1 Å². The number of fused-ring (bicyclic) bond motifs is 2. The molecule has 166 valence electrons. The second kappa shape index (κ2) is 9.22. The summed E-state index contributed by atoms with van der Waals surface area (Å²) in [6, 6.07) is 13.3. The molecule has 0 radical (unpaired) electrons. The standard InChI is InChI=1S/C18H15N5OS.C2HF3O2/c1-10-13-9-11(25-2)7-8-15(13)21-17(19-10)23-18-20-14-6-4-3-5-12(14)16(24)22-18;3-2(4,5)1(6)7/h3-9H,1-2H3,(H2,19,20,21,22,23,24);(H,6,7). The molecule has 0 amide bonds. The van der Waals surface area contributed by atoms with Crippen LogP contribution in [0.15, 0.2) is 52.2 Å². The Hall–Kier alpha value is -3.67. The third-order valence-electron chi connectivity index (χ3n) is 4.18. The lowest BCUT2D eigenvalue weighted by Crippen LogP contribution is -2.21. The van der Waals surface area contributed by atoms with E-state index < -0.39 is 12.1 Å². The van der Waals surface area contributed by atoms with Gasteiger partial charge in [0.2, 0.25) is 11.9 Å². The largest absolute Gasteiger partial charge is 0.490 e. The number of hydrogen-bond donors (Lipinski definition) is 3. The third kappa shape index (κ3) is 5.32. The summed E-state index contributed by atoms with van der Waals surface area (Å²) in [6.07, 6.45) is -3.05. The number of aryl methyl sites for hydroxylation is 1. The van der Waals surface area contributed by atoms with Crippen molar-refractivity contribution < 1.29 is 23.1 Å². The average molecular weight is 463 g/mol. The molecule has 2 aromatic carbocycles. The predicted molar refractivity (Wildman–Crippen MR) is 115 cm³/mol. The number of hydrogen-bond acceptors (Lipinski definition) is 7. The second-order valence-electron chi connectivity index (χ2n) is 6.38. The normalized spacial score (nSPS) is 11.2. The maximum absolute atomic E-state index is 12.2. The number of H-pyrrole nitrogens is 1. The molecule has 0 atom stereocenters. The van der Waals surface area contributed by atoms with Crippen LogP contribution in [0.3, 0.4) is 0 Å². The number of anilines is 2. The molecule has 0 unspecified atom stereocenters. The number of halogens is 3. The summed E-state index contributed by atoms with van der Waals surface area (Å²) in [4.78, 5) is 38.4. The van der Waals surface area contributed by atoms with E-state index in [0.717, 1.165) is 16.6 Å². The summed E-state index contributed by atoms with van der Waals surface area (Å²) in [5, 5.41) is 11.7. The monoisotopic (exact) mass is 463 g/mol. The molecule has 0 bridgehead atoms. The first kappa shape index (κ1) is 23.0. The van der Waals surface area contributed by atoms with Crippen molar-refractivity contribution in [1.29, 1.82) is 0 Å². The number of aliphatic carboxylic acids is 1. The van der Waals surface area contributed by atoms with Crippen LogP contribution in [-0.2, 0) is 4.79 Å². The second-order valence-corrected chi connectivity index (χ2v) is 7.25. The molecule has 0 aliphatic carbocycles. The number of aromatic nitrogens is 4. The van der Waals surface area contributed by atoms with Crippen LogP contribution in [0.2, 0.25) is 0 Å². The summed E-state index contributed by atoms with van der Waals surface area (Å²) in [5.74, 6) is -2.03. The van der Waals surface area contributed by atoms with Gasteiger partial charge in [0.25, 0.3) is 5.56 Å². The Bertz CT molecular complexity index is 1360. The molecule has 4 rings (SSSR count). The van der Waals surface area contributed by atoms with E-state index in [0.29, 0.717) is 22.8 Å². The van der Waals surface area contributed by atoms with Crippen LogP contribution in [0.1, 0.15) is 5.69 Å². The minimum absolute atomic E-state index is 0.199. The summed E-state index contributed by atoms with van der Waals surface area (Å²) in [7, 11) is 0. The van der Waals surface area contributed by atoms with Gasteiger partial charge in [-0.15, -0.1) is 11.8 Å². The molecule has 0 aliphatic heterocycles. The van der Waals surface area contributed by atoms with Crippen molar-refractivity contribution in [2.45, 2.75) is 18.0 Å². The molecule has 12 heteroatoms. The molecule has 32 heavy (non-hydrogen) atoms. The Morgan fingerprint density at radius 1 is 1.06 bits per heavy atom. The summed E-state index contributed by atoms with van der Waals surface area (Å²) >= 11 is 1.68. The number of benzene rings is 2. The van der Waals surface area contributed by atoms with Crippen LogP contribution >= 0.6 is 11.8 Å². The number of rotatable bonds is 3. The lowest BCUT2D eigenvalue weighted by atomic mass is 10.2. The van der Waals surface area contributed by atoms with Gasteiger partial charge in [0.1, 0.15) is 0 Å². The SMILES string of the molecule is CSc1ccc2nc(Nc3nc4ccccc4c(=O)[nH]3)nc(C)c2c1.O=C(O)C(F)(F)F. The minimum atomic E-state index is -5.08. The fourth-order valence-corrected chi connectivity index (χ4v) is 3.13. The van der Waals surface area contributed by atoms with Crippen molar-refractivity contribution in [2.24, 2.45) is 0 Å². The fourth-order valence-electron chi connectivity index (χ4n) is 2.70. The highest BCUT2D eigenvalue weighted by molar-refractivity contribution is 7.98. The van der Waals surface area contributed by atoms with Gasteiger partial charge in [-0.25, -0.2) is 19.7 Å². The van der Waals surface area contributed by atoms with Crippen LogP contribution in [0.5, 0.6) is 0 Å². The lowest BCUT2D eigenvalue weighted by molar-refractivity contribution is -0.192. The van der Waals surface area contributed by atoms with Gasteiger partial charge in [-0.3, -0.25) is 15.1 Å². The number of nitrogens with one attached hydrogen (secondary N) is 2. The first-order valence-corrected chi connectivity index (χ1v) is 10.2.